The maximum Gasteiger partial charge on any atom is 0.0438 e. The van der Waals surface area contributed by atoms with E-state index < -0.39 is 0 Å². The molecule has 1 aromatic rings. The molecule has 1 fully saturated rings. The zero-order chi connectivity index (χ0) is 10.7. The molecule has 1 aromatic carbocycles. The Hall–Kier alpha value is -0.200. The van der Waals surface area contributed by atoms with Crippen LogP contribution in [0.1, 0.15) is 31.2 Å². The molecule has 0 spiro atoms. The van der Waals surface area contributed by atoms with Gasteiger partial charge in [0.05, 0.1) is 0 Å². The van der Waals surface area contributed by atoms with Crippen molar-refractivity contribution in [3.8, 4) is 0 Å². The first kappa shape index (κ1) is 11.3. The Morgan fingerprint density at radius 3 is 2.73 bits per heavy atom. The van der Waals surface area contributed by atoms with Crippen LogP contribution in [0.3, 0.4) is 0 Å². The smallest absolute Gasteiger partial charge is 0.0438 e. The Morgan fingerprint density at radius 1 is 1.20 bits per heavy atom. The predicted molar refractivity (Wildman–Crippen MR) is 66.8 cm³/mol. The fourth-order valence-corrected chi connectivity index (χ4v) is 3.00. The number of alkyl halides is 1. The summed E-state index contributed by atoms with van der Waals surface area (Å²) in [7, 11) is 0. The van der Waals surface area contributed by atoms with Gasteiger partial charge >= 0.3 is 0 Å². The number of rotatable bonds is 2. The van der Waals surface area contributed by atoms with Gasteiger partial charge in [-0.25, -0.2) is 0 Å². The van der Waals surface area contributed by atoms with Crippen LogP contribution in [0.5, 0.6) is 0 Å². The maximum absolute atomic E-state index is 6.18. The van der Waals surface area contributed by atoms with Crippen molar-refractivity contribution in [1.82, 2.24) is 0 Å². The predicted octanol–water partition coefficient (Wildman–Crippen LogP) is 4.68. The molecule has 1 aliphatic rings. The van der Waals surface area contributed by atoms with E-state index in [2.05, 4.69) is 12.1 Å². The molecule has 0 aliphatic heterocycles. The summed E-state index contributed by atoms with van der Waals surface area (Å²) in [5.41, 5.74) is 1.27. The van der Waals surface area contributed by atoms with Gasteiger partial charge in [-0.05, 0) is 36.8 Å². The molecule has 2 unspecified atom stereocenters. The number of hydrogen-bond acceptors (Lipinski definition) is 0. The standard InChI is InChI=1S/C13H16Cl2/c14-12-6-3-4-10(9-12)8-11-5-1-2-7-13(11)15/h1-2,5,7,10,12H,3-4,6,8-9H2. The Bertz CT molecular complexity index is 322. The van der Waals surface area contributed by atoms with E-state index in [1.807, 2.05) is 12.1 Å². The first-order valence-corrected chi connectivity index (χ1v) is 6.44. The van der Waals surface area contributed by atoms with Crippen LogP contribution in [0.4, 0.5) is 0 Å². The SMILES string of the molecule is Clc1ccccc1CC1CCCC(Cl)C1. The maximum atomic E-state index is 6.18. The Labute approximate surface area is 102 Å². The van der Waals surface area contributed by atoms with Gasteiger partial charge in [-0.1, -0.05) is 42.6 Å². The highest BCUT2D eigenvalue weighted by molar-refractivity contribution is 6.31. The lowest BCUT2D eigenvalue weighted by molar-refractivity contribution is 0.361. The minimum Gasteiger partial charge on any atom is -0.123 e. The normalized spacial score (nSPS) is 26.5. The van der Waals surface area contributed by atoms with Crippen molar-refractivity contribution in [2.45, 2.75) is 37.5 Å². The van der Waals surface area contributed by atoms with Crippen molar-refractivity contribution in [3.63, 3.8) is 0 Å². The molecule has 15 heavy (non-hydrogen) atoms. The molecule has 2 heteroatoms. The monoisotopic (exact) mass is 242 g/mol. The van der Waals surface area contributed by atoms with Crippen molar-refractivity contribution >= 4 is 23.2 Å². The van der Waals surface area contributed by atoms with Gasteiger partial charge in [-0.15, -0.1) is 11.6 Å². The van der Waals surface area contributed by atoms with Gasteiger partial charge in [0.2, 0.25) is 0 Å². The zero-order valence-electron chi connectivity index (χ0n) is 8.76. The minimum atomic E-state index is 0.381. The van der Waals surface area contributed by atoms with Crippen LogP contribution in [0, 0.1) is 5.92 Å². The molecule has 82 valence electrons. The molecule has 0 bridgehead atoms. The highest BCUT2D eigenvalue weighted by Gasteiger charge is 2.20. The van der Waals surface area contributed by atoms with E-state index in [1.165, 1.54) is 24.8 Å². The molecule has 0 amide bonds. The van der Waals surface area contributed by atoms with Crippen LogP contribution in [0.15, 0.2) is 24.3 Å². The largest absolute Gasteiger partial charge is 0.123 e. The van der Waals surface area contributed by atoms with Crippen LogP contribution >= 0.6 is 23.2 Å². The Balaban J connectivity index is 1.99. The van der Waals surface area contributed by atoms with E-state index in [9.17, 15) is 0 Å². The van der Waals surface area contributed by atoms with Crippen LogP contribution < -0.4 is 0 Å². The summed E-state index contributed by atoms with van der Waals surface area (Å²) in [6.45, 7) is 0. The average Bonchev–Trinajstić information content (AvgIpc) is 2.22. The third kappa shape index (κ3) is 3.12. The third-order valence-electron chi connectivity index (χ3n) is 3.19. The fourth-order valence-electron chi connectivity index (χ4n) is 2.39. The molecular weight excluding hydrogens is 227 g/mol. The molecule has 1 saturated carbocycles. The molecule has 2 atom stereocenters. The second-order valence-electron chi connectivity index (χ2n) is 4.43. The molecule has 0 heterocycles. The molecular formula is C13H16Cl2. The molecule has 0 nitrogen and oxygen atoms in total. The van der Waals surface area contributed by atoms with Gasteiger partial charge in [-0.2, -0.15) is 0 Å². The first-order chi connectivity index (χ1) is 7.25. The number of benzene rings is 1. The Morgan fingerprint density at radius 2 is 2.00 bits per heavy atom. The van der Waals surface area contributed by atoms with Gasteiger partial charge in [-0.3, -0.25) is 0 Å². The lowest BCUT2D eigenvalue weighted by Gasteiger charge is -2.25. The van der Waals surface area contributed by atoms with Crippen LogP contribution in [0.2, 0.25) is 5.02 Å². The minimum absolute atomic E-state index is 0.381. The summed E-state index contributed by atoms with van der Waals surface area (Å²) < 4.78 is 0. The Kier molecular flexibility index (Phi) is 3.93. The van der Waals surface area contributed by atoms with E-state index in [4.69, 9.17) is 23.2 Å². The average molecular weight is 243 g/mol. The third-order valence-corrected chi connectivity index (χ3v) is 3.95. The topological polar surface area (TPSA) is 0 Å². The summed E-state index contributed by atoms with van der Waals surface area (Å²) in [6, 6.07) is 8.14. The zero-order valence-corrected chi connectivity index (χ0v) is 10.3. The van der Waals surface area contributed by atoms with E-state index in [1.54, 1.807) is 0 Å². The van der Waals surface area contributed by atoms with Gasteiger partial charge in [0.1, 0.15) is 0 Å². The summed E-state index contributed by atoms with van der Waals surface area (Å²) >= 11 is 12.3. The first-order valence-electron chi connectivity index (χ1n) is 5.63. The van der Waals surface area contributed by atoms with Crippen molar-refractivity contribution in [2.24, 2.45) is 5.92 Å². The second kappa shape index (κ2) is 5.23. The lowest BCUT2D eigenvalue weighted by atomic mass is 9.84. The molecule has 0 saturated heterocycles. The van der Waals surface area contributed by atoms with E-state index in [0.29, 0.717) is 5.38 Å². The van der Waals surface area contributed by atoms with Crippen molar-refractivity contribution in [3.05, 3.63) is 34.9 Å². The highest BCUT2D eigenvalue weighted by Crippen LogP contribution is 2.31. The van der Waals surface area contributed by atoms with E-state index in [-0.39, 0.29) is 0 Å². The van der Waals surface area contributed by atoms with Crippen LogP contribution in [0.25, 0.3) is 0 Å². The number of halogens is 2. The molecule has 1 aliphatic carbocycles. The van der Waals surface area contributed by atoms with E-state index >= 15 is 0 Å². The van der Waals surface area contributed by atoms with Crippen LogP contribution in [-0.4, -0.2) is 5.38 Å². The summed E-state index contributed by atoms with van der Waals surface area (Å²) in [5, 5.41) is 1.28. The molecule has 0 radical (unpaired) electrons. The van der Waals surface area contributed by atoms with Gasteiger partial charge in [0, 0.05) is 10.4 Å². The van der Waals surface area contributed by atoms with Crippen LogP contribution in [-0.2, 0) is 6.42 Å². The second-order valence-corrected chi connectivity index (χ2v) is 5.45. The highest BCUT2D eigenvalue weighted by atomic mass is 35.5. The van der Waals surface area contributed by atoms with Gasteiger partial charge in [0.25, 0.3) is 0 Å². The summed E-state index contributed by atoms with van der Waals surface area (Å²) in [5.74, 6) is 0.723. The van der Waals surface area contributed by atoms with Gasteiger partial charge in [0.15, 0.2) is 0 Å². The summed E-state index contributed by atoms with van der Waals surface area (Å²) in [4.78, 5) is 0. The lowest BCUT2D eigenvalue weighted by Crippen LogP contribution is -2.17. The van der Waals surface area contributed by atoms with Gasteiger partial charge < -0.3 is 0 Å². The van der Waals surface area contributed by atoms with Crippen molar-refractivity contribution in [1.29, 1.82) is 0 Å². The quantitative estimate of drug-likeness (QED) is 0.661. The molecule has 0 aromatic heterocycles. The van der Waals surface area contributed by atoms with E-state index in [0.717, 1.165) is 23.8 Å². The van der Waals surface area contributed by atoms with Crippen molar-refractivity contribution in [2.75, 3.05) is 0 Å². The fraction of sp³-hybridized carbons (Fsp3) is 0.538. The molecule has 0 N–H and O–H groups in total. The number of hydrogen-bond donors (Lipinski definition) is 0. The summed E-state index contributed by atoms with van der Waals surface area (Å²) in [6.07, 6.45) is 5.98. The van der Waals surface area contributed by atoms with Crippen molar-refractivity contribution < 1.29 is 0 Å². The molecule has 2 rings (SSSR count).